The number of methoxy groups -OCH3 is 2. The zero-order chi connectivity index (χ0) is 23.6. The number of phenolic OH excluding ortho intramolecular Hbond substituents is 1. The Morgan fingerprint density at radius 3 is 1.94 bits per heavy atom. The predicted molar refractivity (Wildman–Crippen MR) is 128 cm³/mol. The first kappa shape index (κ1) is 24.1. The van der Waals surface area contributed by atoms with Crippen LogP contribution in [0.4, 0.5) is 5.69 Å². The summed E-state index contributed by atoms with van der Waals surface area (Å²) in [5, 5.41) is 26.0. The lowest BCUT2D eigenvalue weighted by Gasteiger charge is -2.20. The first-order valence-electron chi connectivity index (χ1n) is 10.8. The molecule has 1 amide bonds. The third kappa shape index (κ3) is 6.47. The standard InChI is InChI=1S/C26H30N2O5/c1-32-21-8-3-18(4-9-21)23(19-5-10-22(33-2)11-6-19)13-14-27-16-26(31)20-7-12-25(30)24(15-20)28-17-29/h3-12,15,17,23,26-27,30-31H,13-14,16H2,1-2H3,(H,28,29). The van der Waals surface area contributed by atoms with Gasteiger partial charge in [0.2, 0.25) is 6.41 Å². The van der Waals surface area contributed by atoms with Crippen molar-refractivity contribution < 1.29 is 24.5 Å². The van der Waals surface area contributed by atoms with Crippen LogP contribution in [0.25, 0.3) is 0 Å². The second kappa shape index (κ2) is 11.9. The van der Waals surface area contributed by atoms with E-state index in [1.54, 1.807) is 26.4 Å². The highest BCUT2D eigenvalue weighted by Gasteiger charge is 2.16. The monoisotopic (exact) mass is 450 g/mol. The van der Waals surface area contributed by atoms with E-state index in [1.807, 2.05) is 24.3 Å². The fraction of sp³-hybridized carbons (Fsp3) is 0.269. The van der Waals surface area contributed by atoms with Gasteiger partial charge in [-0.3, -0.25) is 4.79 Å². The minimum Gasteiger partial charge on any atom is -0.506 e. The van der Waals surface area contributed by atoms with E-state index in [4.69, 9.17) is 9.47 Å². The summed E-state index contributed by atoms with van der Waals surface area (Å²) in [5.41, 5.74) is 3.21. The summed E-state index contributed by atoms with van der Waals surface area (Å²) in [6.45, 7) is 1.01. The van der Waals surface area contributed by atoms with Gasteiger partial charge in [0.15, 0.2) is 0 Å². The van der Waals surface area contributed by atoms with Crippen LogP contribution in [0.1, 0.15) is 35.1 Å². The van der Waals surface area contributed by atoms with Gasteiger partial charge in [-0.2, -0.15) is 0 Å². The van der Waals surface area contributed by atoms with Gasteiger partial charge in [-0.05, 0) is 66.1 Å². The molecule has 33 heavy (non-hydrogen) atoms. The van der Waals surface area contributed by atoms with Crippen LogP contribution in [-0.4, -0.2) is 43.9 Å². The maximum Gasteiger partial charge on any atom is 0.211 e. The van der Waals surface area contributed by atoms with Crippen molar-refractivity contribution in [2.45, 2.75) is 18.4 Å². The number of aromatic hydroxyl groups is 1. The van der Waals surface area contributed by atoms with Crippen LogP contribution in [0, 0.1) is 0 Å². The molecular formula is C26H30N2O5. The maximum absolute atomic E-state index is 10.7. The summed E-state index contributed by atoms with van der Waals surface area (Å²) in [5.74, 6) is 1.73. The van der Waals surface area contributed by atoms with Gasteiger partial charge >= 0.3 is 0 Å². The molecule has 4 N–H and O–H groups in total. The minimum atomic E-state index is -0.779. The quantitative estimate of drug-likeness (QED) is 0.190. The van der Waals surface area contributed by atoms with Gasteiger partial charge in [-0.1, -0.05) is 30.3 Å². The highest BCUT2D eigenvalue weighted by Crippen LogP contribution is 2.31. The average Bonchev–Trinajstić information content (AvgIpc) is 2.85. The Kier molecular flexibility index (Phi) is 8.69. The molecular weight excluding hydrogens is 420 g/mol. The van der Waals surface area contributed by atoms with Gasteiger partial charge in [0.1, 0.15) is 17.2 Å². The lowest BCUT2D eigenvalue weighted by molar-refractivity contribution is -0.105. The number of aliphatic hydroxyl groups excluding tert-OH is 1. The molecule has 0 saturated carbocycles. The number of carbonyl (C=O) groups is 1. The molecule has 3 aromatic carbocycles. The van der Waals surface area contributed by atoms with E-state index in [0.717, 1.165) is 17.9 Å². The van der Waals surface area contributed by atoms with Gasteiger partial charge < -0.3 is 30.3 Å². The Bertz CT molecular complexity index is 974. The van der Waals surface area contributed by atoms with Crippen LogP contribution in [0.15, 0.2) is 66.7 Å². The highest BCUT2D eigenvalue weighted by molar-refractivity contribution is 5.75. The molecule has 0 fully saturated rings. The molecule has 0 aromatic heterocycles. The fourth-order valence-corrected chi connectivity index (χ4v) is 3.74. The van der Waals surface area contributed by atoms with E-state index in [2.05, 4.69) is 34.9 Å². The summed E-state index contributed by atoms with van der Waals surface area (Å²) in [6, 6.07) is 20.8. The molecule has 7 nitrogen and oxygen atoms in total. The second-order valence-corrected chi connectivity index (χ2v) is 7.65. The molecule has 0 spiro atoms. The zero-order valence-corrected chi connectivity index (χ0v) is 18.8. The number of hydrogen-bond acceptors (Lipinski definition) is 6. The molecule has 0 aliphatic carbocycles. The molecule has 1 atom stereocenters. The molecule has 0 heterocycles. The van der Waals surface area contributed by atoms with Gasteiger partial charge in [-0.25, -0.2) is 0 Å². The molecule has 0 aliphatic rings. The van der Waals surface area contributed by atoms with E-state index in [9.17, 15) is 15.0 Å². The largest absolute Gasteiger partial charge is 0.506 e. The summed E-state index contributed by atoms with van der Waals surface area (Å²) in [4.78, 5) is 10.7. The Morgan fingerprint density at radius 1 is 0.879 bits per heavy atom. The van der Waals surface area contributed by atoms with Gasteiger partial charge in [0.25, 0.3) is 0 Å². The highest BCUT2D eigenvalue weighted by atomic mass is 16.5. The number of anilines is 1. The maximum atomic E-state index is 10.7. The van der Waals surface area contributed by atoms with Crippen LogP contribution in [0.5, 0.6) is 17.2 Å². The van der Waals surface area contributed by atoms with Crippen molar-refractivity contribution in [3.8, 4) is 17.2 Å². The third-order valence-corrected chi connectivity index (χ3v) is 5.60. The SMILES string of the molecule is COc1ccc(C(CCNCC(O)c2ccc(O)c(NC=O)c2)c2ccc(OC)cc2)cc1. The smallest absolute Gasteiger partial charge is 0.211 e. The van der Waals surface area contributed by atoms with Crippen molar-refractivity contribution in [1.29, 1.82) is 0 Å². The van der Waals surface area contributed by atoms with Crippen molar-refractivity contribution in [3.05, 3.63) is 83.4 Å². The lowest BCUT2D eigenvalue weighted by Crippen LogP contribution is -2.24. The average molecular weight is 451 g/mol. The number of phenols is 1. The van der Waals surface area contributed by atoms with Crippen molar-refractivity contribution in [2.24, 2.45) is 0 Å². The van der Waals surface area contributed by atoms with Gasteiger partial charge in [0.05, 0.1) is 26.0 Å². The number of carbonyl (C=O) groups excluding carboxylic acids is 1. The van der Waals surface area contributed by atoms with Crippen LogP contribution in [0.3, 0.4) is 0 Å². The van der Waals surface area contributed by atoms with Crippen LogP contribution in [-0.2, 0) is 4.79 Å². The Labute approximate surface area is 194 Å². The first-order valence-corrected chi connectivity index (χ1v) is 10.8. The first-order chi connectivity index (χ1) is 16.0. The fourth-order valence-electron chi connectivity index (χ4n) is 3.74. The van der Waals surface area contributed by atoms with Crippen LogP contribution >= 0.6 is 0 Å². The molecule has 3 aromatic rings. The zero-order valence-electron chi connectivity index (χ0n) is 18.8. The number of benzene rings is 3. The molecule has 7 heteroatoms. The van der Waals surface area contributed by atoms with Crippen molar-refractivity contribution in [1.82, 2.24) is 5.32 Å². The van der Waals surface area contributed by atoms with Crippen molar-refractivity contribution in [3.63, 3.8) is 0 Å². The summed E-state index contributed by atoms with van der Waals surface area (Å²) >= 11 is 0. The predicted octanol–water partition coefficient (Wildman–Crippen LogP) is 3.82. The van der Waals surface area contributed by atoms with Crippen molar-refractivity contribution >= 4 is 12.1 Å². The number of rotatable bonds is 12. The number of nitrogens with one attached hydrogen (secondary N) is 2. The molecule has 174 valence electrons. The number of aliphatic hydroxyl groups is 1. The van der Waals surface area contributed by atoms with E-state index in [0.29, 0.717) is 25.1 Å². The van der Waals surface area contributed by atoms with Gasteiger partial charge in [0, 0.05) is 12.5 Å². The van der Waals surface area contributed by atoms with Crippen LogP contribution in [0.2, 0.25) is 0 Å². The summed E-state index contributed by atoms with van der Waals surface area (Å²) in [6.07, 6.45) is 0.527. The van der Waals surface area contributed by atoms with E-state index in [1.165, 1.54) is 17.2 Å². The minimum absolute atomic E-state index is 0.0483. The van der Waals surface area contributed by atoms with Crippen molar-refractivity contribution in [2.75, 3.05) is 32.6 Å². The Hall–Kier alpha value is -3.55. The van der Waals surface area contributed by atoms with E-state index >= 15 is 0 Å². The van der Waals surface area contributed by atoms with E-state index < -0.39 is 6.10 Å². The molecule has 0 saturated heterocycles. The molecule has 0 bridgehead atoms. The summed E-state index contributed by atoms with van der Waals surface area (Å²) in [7, 11) is 3.30. The normalized spacial score (nSPS) is 11.8. The van der Waals surface area contributed by atoms with Gasteiger partial charge in [-0.15, -0.1) is 0 Å². The number of ether oxygens (including phenoxy) is 2. The third-order valence-electron chi connectivity index (χ3n) is 5.60. The number of amides is 1. The molecule has 3 rings (SSSR count). The topological polar surface area (TPSA) is 100 Å². The van der Waals surface area contributed by atoms with Crippen LogP contribution < -0.4 is 20.1 Å². The number of hydrogen-bond donors (Lipinski definition) is 4. The Balaban J connectivity index is 1.65. The second-order valence-electron chi connectivity index (χ2n) is 7.65. The summed E-state index contributed by atoms with van der Waals surface area (Å²) < 4.78 is 10.6. The Morgan fingerprint density at radius 2 is 1.42 bits per heavy atom. The van der Waals surface area contributed by atoms with E-state index in [-0.39, 0.29) is 17.4 Å². The molecule has 1 unspecified atom stereocenters. The molecule has 0 aliphatic heterocycles. The lowest BCUT2D eigenvalue weighted by atomic mass is 9.88. The molecule has 0 radical (unpaired) electrons.